The summed E-state index contributed by atoms with van der Waals surface area (Å²) in [6.07, 6.45) is 14.5. The molecule has 0 heteroatoms. The summed E-state index contributed by atoms with van der Waals surface area (Å²) in [7, 11) is 0. The lowest BCUT2D eigenvalue weighted by atomic mass is 10.0. The summed E-state index contributed by atoms with van der Waals surface area (Å²) >= 11 is 0. The van der Waals surface area contributed by atoms with Gasteiger partial charge in [0.25, 0.3) is 0 Å². The van der Waals surface area contributed by atoms with E-state index in [1.165, 1.54) is 51.4 Å². The molecule has 0 aliphatic carbocycles. The molecule has 0 saturated carbocycles. The van der Waals surface area contributed by atoms with Crippen molar-refractivity contribution in [3.05, 3.63) is 25.3 Å². The van der Waals surface area contributed by atoms with Crippen molar-refractivity contribution in [2.45, 2.75) is 72.1 Å². The molecule has 0 heterocycles. The van der Waals surface area contributed by atoms with Crippen LogP contribution >= 0.6 is 0 Å². The first-order valence-electron chi connectivity index (χ1n) is 7.00. The fraction of sp³-hybridized carbons (Fsp3) is 0.750. The highest BCUT2D eigenvalue weighted by Crippen LogP contribution is 2.10. The second-order valence-electron chi connectivity index (χ2n) is 4.33. The van der Waals surface area contributed by atoms with Gasteiger partial charge in [0.15, 0.2) is 0 Å². The summed E-state index contributed by atoms with van der Waals surface area (Å²) in [4.78, 5) is 0. The van der Waals surface area contributed by atoms with Gasteiger partial charge in [0.05, 0.1) is 0 Å². The molecule has 0 rings (SSSR count). The molecule has 1 atom stereocenters. The lowest BCUT2D eigenvalue weighted by molar-refractivity contribution is 0.564. The highest BCUT2D eigenvalue weighted by Gasteiger charge is 1.95. The quantitative estimate of drug-likeness (QED) is 0.326. The van der Waals surface area contributed by atoms with Crippen LogP contribution in [0.5, 0.6) is 0 Å². The van der Waals surface area contributed by atoms with E-state index in [1.54, 1.807) is 0 Å². The Bertz CT molecular complexity index is 135. The Balaban J connectivity index is 0. The fourth-order valence-corrected chi connectivity index (χ4v) is 1.57. The lowest BCUT2D eigenvalue weighted by Gasteiger charge is -2.04. The van der Waals surface area contributed by atoms with Crippen molar-refractivity contribution in [2.75, 3.05) is 0 Å². The molecule has 0 fully saturated rings. The Morgan fingerprint density at radius 1 is 0.938 bits per heavy atom. The van der Waals surface area contributed by atoms with Gasteiger partial charge in [-0.1, -0.05) is 58.6 Å². The molecule has 0 N–H and O–H groups in total. The number of allylic oxidation sites excluding steroid dienone is 2. The topological polar surface area (TPSA) is 0 Å². The van der Waals surface area contributed by atoms with Crippen molar-refractivity contribution in [1.82, 2.24) is 0 Å². The van der Waals surface area contributed by atoms with Gasteiger partial charge >= 0.3 is 0 Å². The van der Waals surface area contributed by atoms with E-state index in [0.29, 0.717) is 0 Å². The highest BCUT2D eigenvalue weighted by atomic mass is 14.0. The zero-order valence-corrected chi connectivity index (χ0v) is 11.8. The van der Waals surface area contributed by atoms with E-state index in [2.05, 4.69) is 40.0 Å². The molecule has 0 saturated heterocycles. The maximum absolute atomic E-state index is 3.75. The number of hydrogen-bond acceptors (Lipinski definition) is 0. The third kappa shape index (κ3) is 15.9. The molecule has 0 radical (unpaired) electrons. The molecule has 0 aliphatic rings. The highest BCUT2D eigenvalue weighted by molar-refractivity contribution is 4.76. The van der Waals surface area contributed by atoms with Gasteiger partial charge in [-0.25, -0.2) is 0 Å². The summed E-state index contributed by atoms with van der Waals surface area (Å²) in [5.74, 6) is 0.764. The van der Waals surface area contributed by atoms with Crippen LogP contribution in [0.15, 0.2) is 25.3 Å². The van der Waals surface area contributed by atoms with E-state index in [4.69, 9.17) is 0 Å². The van der Waals surface area contributed by atoms with Gasteiger partial charge in [-0.3, -0.25) is 0 Å². The molecular weight excluding hydrogens is 192 g/mol. The van der Waals surface area contributed by atoms with Crippen LogP contribution in [0.3, 0.4) is 0 Å². The molecule has 0 aromatic rings. The maximum atomic E-state index is 3.75. The maximum Gasteiger partial charge on any atom is -0.0239 e. The lowest BCUT2D eigenvalue weighted by Crippen LogP contribution is -1.90. The first-order chi connectivity index (χ1) is 7.76. The minimum absolute atomic E-state index is 0.764. The molecule has 0 aliphatic heterocycles. The van der Waals surface area contributed by atoms with Crippen LogP contribution in [0.1, 0.15) is 72.1 Å². The number of unbranched alkanes of at least 4 members (excludes halogenated alkanes) is 4. The van der Waals surface area contributed by atoms with Gasteiger partial charge in [-0.05, 0) is 31.6 Å². The summed E-state index contributed by atoms with van der Waals surface area (Å²) in [6.45, 7) is 14.1. The normalized spacial score (nSPS) is 11.2. The zero-order valence-electron chi connectivity index (χ0n) is 11.8. The predicted molar refractivity (Wildman–Crippen MR) is 77.8 cm³/mol. The van der Waals surface area contributed by atoms with Crippen LogP contribution in [-0.4, -0.2) is 0 Å². The Hall–Kier alpha value is -0.520. The molecule has 96 valence electrons. The van der Waals surface area contributed by atoms with Gasteiger partial charge in [-0.15, -0.1) is 13.2 Å². The van der Waals surface area contributed by atoms with Crippen LogP contribution in [0.4, 0.5) is 0 Å². The smallest absolute Gasteiger partial charge is 0.0239 e. The Labute approximate surface area is 104 Å². The van der Waals surface area contributed by atoms with Crippen molar-refractivity contribution in [3.8, 4) is 0 Å². The Kier molecular flexibility index (Phi) is 18.9. The summed E-state index contributed by atoms with van der Waals surface area (Å²) in [5, 5.41) is 0. The average Bonchev–Trinajstić information content (AvgIpc) is 2.32. The Morgan fingerprint density at radius 2 is 1.62 bits per heavy atom. The third-order valence-corrected chi connectivity index (χ3v) is 2.78. The van der Waals surface area contributed by atoms with Crippen LogP contribution in [-0.2, 0) is 0 Å². The van der Waals surface area contributed by atoms with E-state index in [0.717, 1.165) is 5.92 Å². The first-order valence-corrected chi connectivity index (χ1v) is 7.00. The molecule has 0 bridgehead atoms. The van der Waals surface area contributed by atoms with Gasteiger partial charge in [-0.2, -0.15) is 0 Å². The molecule has 0 aromatic heterocycles. The predicted octanol–water partition coefficient (Wildman–Crippen LogP) is 6.14. The molecule has 16 heavy (non-hydrogen) atoms. The van der Waals surface area contributed by atoms with Crippen molar-refractivity contribution in [2.24, 2.45) is 5.92 Å². The van der Waals surface area contributed by atoms with E-state index >= 15 is 0 Å². The van der Waals surface area contributed by atoms with Crippen LogP contribution < -0.4 is 0 Å². The molecule has 0 aromatic carbocycles. The van der Waals surface area contributed by atoms with Gasteiger partial charge < -0.3 is 0 Å². The zero-order chi connectivity index (χ0) is 12.6. The molecule has 0 amide bonds. The largest absolute Gasteiger partial charge is 0.103 e. The number of hydrogen-bond donors (Lipinski definition) is 0. The minimum atomic E-state index is 0.764. The van der Waals surface area contributed by atoms with E-state index in [9.17, 15) is 0 Å². The standard InChI is InChI=1S/2C8H16/c1-4-7-8(5-2)6-3;1-3-5-7-8-6-4-2/h5,8H,2,4,6-7H2,1,3H3;3H,1,4-8H2,2H3. The van der Waals surface area contributed by atoms with E-state index < -0.39 is 0 Å². The molecular formula is C16H32. The van der Waals surface area contributed by atoms with Crippen LogP contribution in [0.25, 0.3) is 0 Å². The van der Waals surface area contributed by atoms with Gasteiger partial charge in [0, 0.05) is 0 Å². The van der Waals surface area contributed by atoms with Crippen LogP contribution in [0, 0.1) is 5.92 Å². The molecule has 0 spiro atoms. The number of rotatable bonds is 9. The Morgan fingerprint density at radius 3 is 1.94 bits per heavy atom. The van der Waals surface area contributed by atoms with Crippen LogP contribution in [0.2, 0.25) is 0 Å². The van der Waals surface area contributed by atoms with Crippen molar-refractivity contribution < 1.29 is 0 Å². The van der Waals surface area contributed by atoms with E-state index in [1.807, 2.05) is 6.08 Å². The average molecular weight is 224 g/mol. The van der Waals surface area contributed by atoms with Crippen molar-refractivity contribution in [1.29, 1.82) is 0 Å². The van der Waals surface area contributed by atoms with E-state index in [-0.39, 0.29) is 0 Å². The van der Waals surface area contributed by atoms with Gasteiger partial charge in [0.1, 0.15) is 0 Å². The minimum Gasteiger partial charge on any atom is -0.103 e. The first kappa shape index (κ1) is 17.9. The second-order valence-corrected chi connectivity index (χ2v) is 4.33. The monoisotopic (exact) mass is 224 g/mol. The fourth-order valence-electron chi connectivity index (χ4n) is 1.57. The van der Waals surface area contributed by atoms with Crippen molar-refractivity contribution in [3.63, 3.8) is 0 Å². The third-order valence-electron chi connectivity index (χ3n) is 2.78. The SMILES string of the molecule is C=CC(CC)CCC.C=CCCCCCC. The molecule has 1 unspecified atom stereocenters. The van der Waals surface area contributed by atoms with Crippen molar-refractivity contribution >= 4 is 0 Å². The van der Waals surface area contributed by atoms with Gasteiger partial charge in [0.2, 0.25) is 0 Å². The summed E-state index contributed by atoms with van der Waals surface area (Å²) in [5.41, 5.74) is 0. The molecule has 0 nitrogen and oxygen atoms in total. The second kappa shape index (κ2) is 16.9. The summed E-state index contributed by atoms with van der Waals surface area (Å²) < 4.78 is 0. The summed E-state index contributed by atoms with van der Waals surface area (Å²) in [6, 6.07) is 0.